The van der Waals surface area contributed by atoms with Gasteiger partial charge in [0.1, 0.15) is 5.60 Å². The van der Waals surface area contributed by atoms with Crippen molar-refractivity contribution >= 4 is 6.09 Å². The van der Waals surface area contributed by atoms with Gasteiger partial charge in [0.25, 0.3) is 0 Å². The predicted molar refractivity (Wildman–Crippen MR) is 55.4 cm³/mol. The summed E-state index contributed by atoms with van der Waals surface area (Å²) in [7, 11) is 0. The molecule has 1 unspecified atom stereocenters. The summed E-state index contributed by atoms with van der Waals surface area (Å²) in [5.74, 6) is 0.495. The Labute approximate surface area is 90.2 Å². The molecule has 1 N–H and O–H groups in total. The lowest BCUT2D eigenvalue weighted by molar-refractivity contribution is 0.0252. The van der Waals surface area contributed by atoms with Crippen molar-refractivity contribution in [2.75, 3.05) is 19.7 Å². The van der Waals surface area contributed by atoms with Crippen LogP contribution in [0, 0.1) is 11.3 Å². The minimum Gasteiger partial charge on any atom is -0.444 e. The molecule has 0 radical (unpaired) electrons. The lowest BCUT2D eigenvalue weighted by atomic mass is 10.1. The minimum atomic E-state index is -0.434. The molecule has 0 aromatic rings. The zero-order chi connectivity index (χ0) is 11.3. The lowest BCUT2D eigenvalue weighted by Gasteiger charge is -2.26. The SMILES string of the molecule is CC(C)(C)OC(=O)N1CC2C[C@@]2(CO)C1. The molecule has 1 saturated heterocycles. The first kappa shape index (κ1) is 10.7. The molecule has 1 heterocycles. The first-order valence-electron chi connectivity index (χ1n) is 5.45. The lowest BCUT2D eigenvalue weighted by Crippen LogP contribution is -2.37. The number of hydrogen-bond donors (Lipinski definition) is 1. The number of ether oxygens (including phenoxy) is 1. The maximum absolute atomic E-state index is 11.7. The van der Waals surface area contributed by atoms with Gasteiger partial charge >= 0.3 is 6.09 Å². The van der Waals surface area contributed by atoms with Gasteiger partial charge in [0, 0.05) is 18.5 Å². The van der Waals surface area contributed by atoms with Crippen LogP contribution in [0.1, 0.15) is 27.2 Å². The van der Waals surface area contributed by atoms with E-state index in [1.807, 2.05) is 20.8 Å². The Hall–Kier alpha value is -0.770. The van der Waals surface area contributed by atoms with Gasteiger partial charge in [0.2, 0.25) is 0 Å². The van der Waals surface area contributed by atoms with Crippen LogP contribution in [0.15, 0.2) is 0 Å². The van der Waals surface area contributed by atoms with Gasteiger partial charge < -0.3 is 14.7 Å². The molecule has 2 fully saturated rings. The molecule has 2 rings (SSSR count). The summed E-state index contributed by atoms with van der Waals surface area (Å²) in [4.78, 5) is 13.4. The number of likely N-dealkylation sites (tertiary alicyclic amines) is 1. The normalized spacial score (nSPS) is 33.9. The fourth-order valence-electron chi connectivity index (χ4n) is 2.30. The van der Waals surface area contributed by atoms with E-state index in [9.17, 15) is 9.90 Å². The molecule has 0 spiro atoms. The Morgan fingerprint density at radius 3 is 2.73 bits per heavy atom. The molecule has 86 valence electrons. The van der Waals surface area contributed by atoms with Crippen molar-refractivity contribution in [1.82, 2.24) is 4.90 Å². The van der Waals surface area contributed by atoms with Crippen LogP contribution >= 0.6 is 0 Å². The Balaban J connectivity index is 1.90. The minimum absolute atomic E-state index is 0.0108. The van der Waals surface area contributed by atoms with E-state index in [4.69, 9.17) is 4.74 Å². The monoisotopic (exact) mass is 213 g/mol. The number of rotatable bonds is 1. The summed E-state index contributed by atoms with van der Waals surface area (Å²) in [5.41, 5.74) is -0.423. The van der Waals surface area contributed by atoms with E-state index in [1.54, 1.807) is 4.90 Å². The van der Waals surface area contributed by atoms with E-state index in [1.165, 1.54) is 0 Å². The quantitative estimate of drug-likeness (QED) is 0.713. The Morgan fingerprint density at radius 2 is 2.27 bits per heavy atom. The highest BCUT2D eigenvalue weighted by atomic mass is 16.6. The Bertz CT molecular complexity index is 280. The number of piperidine rings is 1. The van der Waals surface area contributed by atoms with Gasteiger partial charge in [-0.2, -0.15) is 0 Å². The third-order valence-electron chi connectivity index (χ3n) is 3.27. The molecule has 2 aliphatic rings. The maximum Gasteiger partial charge on any atom is 0.410 e. The molecule has 0 bridgehead atoms. The predicted octanol–water partition coefficient (Wildman–Crippen LogP) is 1.24. The van der Waals surface area contributed by atoms with Crippen LogP contribution in [0.3, 0.4) is 0 Å². The second-order valence-electron chi connectivity index (χ2n) is 5.78. The zero-order valence-electron chi connectivity index (χ0n) is 9.62. The van der Waals surface area contributed by atoms with Crippen molar-refractivity contribution in [3.63, 3.8) is 0 Å². The molecule has 15 heavy (non-hydrogen) atoms. The van der Waals surface area contributed by atoms with E-state index in [-0.39, 0.29) is 18.1 Å². The highest BCUT2D eigenvalue weighted by molar-refractivity contribution is 5.69. The van der Waals surface area contributed by atoms with Gasteiger partial charge in [-0.05, 0) is 33.1 Å². The third-order valence-corrected chi connectivity index (χ3v) is 3.27. The fourth-order valence-corrected chi connectivity index (χ4v) is 2.30. The molecule has 1 aliphatic heterocycles. The Kier molecular flexibility index (Phi) is 2.23. The first-order valence-corrected chi connectivity index (χ1v) is 5.45. The van der Waals surface area contributed by atoms with Crippen molar-refractivity contribution in [3.05, 3.63) is 0 Å². The summed E-state index contributed by atoms with van der Waals surface area (Å²) in [5, 5.41) is 9.22. The van der Waals surface area contributed by atoms with Crippen molar-refractivity contribution in [1.29, 1.82) is 0 Å². The van der Waals surface area contributed by atoms with Gasteiger partial charge in [0.05, 0.1) is 6.61 Å². The summed E-state index contributed by atoms with van der Waals surface area (Å²) in [6, 6.07) is 0. The average molecular weight is 213 g/mol. The fraction of sp³-hybridized carbons (Fsp3) is 0.909. The molecule has 0 aromatic carbocycles. The van der Waals surface area contributed by atoms with Crippen molar-refractivity contribution in [2.45, 2.75) is 32.8 Å². The Morgan fingerprint density at radius 1 is 1.60 bits per heavy atom. The van der Waals surface area contributed by atoms with Gasteiger partial charge in [-0.15, -0.1) is 0 Å². The molecule has 2 atom stereocenters. The molecular weight excluding hydrogens is 194 g/mol. The van der Waals surface area contributed by atoms with Crippen LogP contribution in [0.5, 0.6) is 0 Å². The molecule has 4 heteroatoms. The third kappa shape index (κ3) is 1.95. The number of carbonyl (C=O) groups is 1. The molecule has 4 nitrogen and oxygen atoms in total. The molecular formula is C11H19NO3. The van der Waals surface area contributed by atoms with E-state index >= 15 is 0 Å². The van der Waals surface area contributed by atoms with Crippen molar-refractivity contribution in [2.24, 2.45) is 11.3 Å². The molecule has 0 aromatic heterocycles. The number of hydrogen-bond acceptors (Lipinski definition) is 3. The number of aliphatic hydroxyl groups is 1. The number of aliphatic hydroxyl groups excluding tert-OH is 1. The van der Waals surface area contributed by atoms with Crippen LogP contribution in [0.4, 0.5) is 4.79 Å². The van der Waals surface area contributed by atoms with Crippen molar-refractivity contribution < 1.29 is 14.6 Å². The van der Waals surface area contributed by atoms with Crippen LogP contribution in [-0.2, 0) is 4.74 Å². The number of nitrogens with zero attached hydrogens (tertiary/aromatic N) is 1. The van der Waals surface area contributed by atoms with Gasteiger partial charge in [0.15, 0.2) is 0 Å². The van der Waals surface area contributed by atoms with E-state index in [0.717, 1.165) is 13.0 Å². The second kappa shape index (κ2) is 3.11. The highest BCUT2D eigenvalue weighted by Crippen LogP contribution is 2.57. The van der Waals surface area contributed by atoms with Crippen LogP contribution in [-0.4, -0.2) is 41.4 Å². The standard InChI is InChI=1S/C11H19NO3/c1-10(2,3)15-9(14)12-5-8-4-11(8,6-12)7-13/h8,13H,4-7H2,1-3H3/t8?,11-/m0/s1. The van der Waals surface area contributed by atoms with Crippen LogP contribution < -0.4 is 0 Å². The van der Waals surface area contributed by atoms with E-state index in [2.05, 4.69) is 0 Å². The van der Waals surface area contributed by atoms with Gasteiger partial charge in [-0.3, -0.25) is 0 Å². The van der Waals surface area contributed by atoms with Crippen LogP contribution in [0.25, 0.3) is 0 Å². The topological polar surface area (TPSA) is 49.8 Å². The molecule has 1 saturated carbocycles. The van der Waals surface area contributed by atoms with Crippen molar-refractivity contribution in [3.8, 4) is 0 Å². The zero-order valence-corrected chi connectivity index (χ0v) is 9.62. The second-order valence-corrected chi connectivity index (χ2v) is 5.78. The summed E-state index contributed by atoms with van der Waals surface area (Å²) < 4.78 is 5.29. The maximum atomic E-state index is 11.7. The highest BCUT2D eigenvalue weighted by Gasteiger charge is 2.60. The number of carbonyl (C=O) groups excluding carboxylic acids is 1. The summed E-state index contributed by atoms with van der Waals surface area (Å²) in [6.07, 6.45) is 0.811. The summed E-state index contributed by atoms with van der Waals surface area (Å²) in [6.45, 7) is 7.19. The molecule has 1 amide bonds. The van der Waals surface area contributed by atoms with Gasteiger partial charge in [-0.1, -0.05) is 0 Å². The largest absolute Gasteiger partial charge is 0.444 e. The average Bonchev–Trinajstić information content (AvgIpc) is 2.66. The number of amides is 1. The number of fused-ring (bicyclic) bond motifs is 1. The summed E-state index contributed by atoms with van der Waals surface area (Å²) >= 11 is 0. The van der Waals surface area contributed by atoms with E-state index in [0.29, 0.717) is 12.5 Å². The molecule has 1 aliphatic carbocycles. The first-order chi connectivity index (χ1) is 6.86. The van der Waals surface area contributed by atoms with Gasteiger partial charge in [-0.25, -0.2) is 4.79 Å². The van der Waals surface area contributed by atoms with Crippen LogP contribution in [0.2, 0.25) is 0 Å². The van der Waals surface area contributed by atoms with E-state index < -0.39 is 5.60 Å². The smallest absolute Gasteiger partial charge is 0.410 e.